The number of nitrogens with zero attached hydrogens (tertiary/aromatic N) is 2. The fourth-order valence-corrected chi connectivity index (χ4v) is 2.50. The minimum absolute atomic E-state index is 0.0774. The highest BCUT2D eigenvalue weighted by Crippen LogP contribution is 2.24. The first-order valence-corrected chi connectivity index (χ1v) is 7.67. The third-order valence-corrected chi connectivity index (χ3v) is 3.81. The van der Waals surface area contributed by atoms with Crippen LogP contribution in [0.25, 0.3) is 11.1 Å². The van der Waals surface area contributed by atoms with Crippen LogP contribution in [0.4, 0.5) is 0 Å². The van der Waals surface area contributed by atoms with E-state index < -0.39 is 0 Å². The molecule has 1 atom stereocenters. The molecule has 1 aromatic carbocycles. The number of nitrogens with one attached hydrogen (secondary N) is 1. The van der Waals surface area contributed by atoms with Gasteiger partial charge in [-0.3, -0.25) is 4.79 Å². The Bertz CT molecular complexity index is 825. The maximum atomic E-state index is 12.5. The van der Waals surface area contributed by atoms with Gasteiger partial charge in [-0.05, 0) is 24.5 Å². The van der Waals surface area contributed by atoms with Crippen molar-refractivity contribution in [1.29, 1.82) is 0 Å². The van der Waals surface area contributed by atoms with Crippen LogP contribution in [0, 0.1) is 0 Å². The smallest absolute Gasteiger partial charge is 0.257 e. The monoisotopic (exact) mass is 309 g/mol. The zero-order chi connectivity index (χ0) is 16.4. The molecule has 0 aliphatic heterocycles. The van der Waals surface area contributed by atoms with Crippen molar-refractivity contribution in [3.05, 3.63) is 59.4 Å². The Labute approximate surface area is 134 Å². The first-order valence-electron chi connectivity index (χ1n) is 7.67. The zero-order valence-corrected chi connectivity index (χ0v) is 13.4. The Hall–Kier alpha value is -2.69. The lowest BCUT2D eigenvalue weighted by Gasteiger charge is -2.14. The Morgan fingerprint density at radius 3 is 2.61 bits per heavy atom. The molecular formula is C18H19N3O2. The summed E-state index contributed by atoms with van der Waals surface area (Å²) in [6.07, 6.45) is 1.52. The summed E-state index contributed by atoms with van der Waals surface area (Å²) in [6.45, 7) is 6.02. The highest BCUT2D eigenvalue weighted by Gasteiger charge is 2.17. The standard InChI is InChI=1S/C18H19N3O2/c1-11(2)16-15-9-14(10-19-18(15)23-21-16)17(22)20-12(3)13-7-5-4-6-8-13/h4-12H,1-3H3,(H,20,22). The molecule has 1 N–H and O–H groups in total. The minimum Gasteiger partial charge on any atom is -0.345 e. The molecule has 0 saturated carbocycles. The lowest BCUT2D eigenvalue weighted by molar-refractivity contribution is 0.0939. The molecule has 2 aromatic heterocycles. The Morgan fingerprint density at radius 2 is 1.91 bits per heavy atom. The van der Waals surface area contributed by atoms with Crippen LogP contribution in [-0.2, 0) is 0 Å². The second-order valence-electron chi connectivity index (χ2n) is 5.91. The second kappa shape index (κ2) is 6.20. The number of carbonyl (C=O) groups is 1. The van der Waals surface area contributed by atoms with Crippen LogP contribution in [0.5, 0.6) is 0 Å². The Kier molecular flexibility index (Phi) is 4.10. The highest BCUT2D eigenvalue weighted by atomic mass is 16.5. The number of fused-ring (bicyclic) bond motifs is 1. The van der Waals surface area contributed by atoms with Gasteiger partial charge in [-0.2, -0.15) is 0 Å². The van der Waals surface area contributed by atoms with E-state index in [-0.39, 0.29) is 17.9 Å². The number of pyridine rings is 1. The van der Waals surface area contributed by atoms with Gasteiger partial charge in [0, 0.05) is 6.20 Å². The molecule has 2 heterocycles. The summed E-state index contributed by atoms with van der Waals surface area (Å²) in [6, 6.07) is 11.6. The van der Waals surface area contributed by atoms with Gasteiger partial charge in [0.25, 0.3) is 11.6 Å². The number of hydrogen-bond donors (Lipinski definition) is 1. The number of amides is 1. The molecule has 0 fully saturated rings. The molecule has 1 amide bonds. The van der Waals surface area contributed by atoms with E-state index in [0.29, 0.717) is 11.3 Å². The fourth-order valence-electron chi connectivity index (χ4n) is 2.50. The van der Waals surface area contributed by atoms with Gasteiger partial charge in [-0.25, -0.2) is 4.98 Å². The van der Waals surface area contributed by atoms with Crippen molar-refractivity contribution in [3.63, 3.8) is 0 Å². The molecule has 5 heteroatoms. The maximum absolute atomic E-state index is 12.5. The summed E-state index contributed by atoms with van der Waals surface area (Å²) in [5.41, 5.74) is 2.84. The second-order valence-corrected chi connectivity index (χ2v) is 5.91. The van der Waals surface area contributed by atoms with Gasteiger partial charge in [-0.15, -0.1) is 0 Å². The number of carbonyl (C=O) groups excluding carboxylic acids is 1. The van der Waals surface area contributed by atoms with Gasteiger partial charge in [0.05, 0.1) is 22.7 Å². The van der Waals surface area contributed by atoms with Gasteiger partial charge in [0.15, 0.2) is 0 Å². The third-order valence-electron chi connectivity index (χ3n) is 3.81. The molecule has 23 heavy (non-hydrogen) atoms. The Morgan fingerprint density at radius 1 is 1.17 bits per heavy atom. The molecular weight excluding hydrogens is 290 g/mol. The fraction of sp³-hybridized carbons (Fsp3) is 0.278. The predicted molar refractivity (Wildman–Crippen MR) is 88.2 cm³/mol. The molecule has 0 radical (unpaired) electrons. The lowest BCUT2D eigenvalue weighted by atomic mass is 10.1. The van der Waals surface area contributed by atoms with Crippen molar-refractivity contribution in [2.75, 3.05) is 0 Å². The SMILES string of the molecule is CC(C)c1noc2ncc(C(=O)NC(C)c3ccccc3)cc12. The van der Waals surface area contributed by atoms with Crippen molar-refractivity contribution in [2.24, 2.45) is 0 Å². The number of hydrogen-bond acceptors (Lipinski definition) is 4. The molecule has 1 unspecified atom stereocenters. The lowest BCUT2D eigenvalue weighted by Crippen LogP contribution is -2.26. The highest BCUT2D eigenvalue weighted by molar-refractivity contribution is 5.97. The summed E-state index contributed by atoms with van der Waals surface area (Å²) in [5.74, 6) is 0.0475. The predicted octanol–water partition coefficient (Wildman–Crippen LogP) is 3.84. The number of aromatic nitrogens is 2. The normalized spacial score (nSPS) is 12.5. The van der Waals surface area contributed by atoms with E-state index in [2.05, 4.69) is 15.5 Å². The van der Waals surface area contributed by atoms with E-state index in [1.165, 1.54) is 6.20 Å². The summed E-state index contributed by atoms with van der Waals surface area (Å²) in [5, 5.41) is 7.81. The Balaban J connectivity index is 1.85. The van der Waals surface area contributed by atoms with E-state index >= 15 is 0 Å². The summed E-state index contributed by atoms with van der Waals surface area (Å²) in [7, 11) is 0. The summed E-state index contributed by atoms with van der Waals surface area (Å²) in [4.78, 5) is 16.7. The number of rotatable bonds is 4. The summed E-state index contributed by atoms with van der Waals surface area (Å²) < 4.78 is 5.20. The van der Waals surface area contributed by atoms with Crippen molar-refractivity contribution < 1.29 is 9.32 Å². The average Bonchev–Trinajstić information content (AvgIpc) is 2.98. The van der Waals surface area contributed by atoms with Crippen LogP contribution in [0.2, 0.25) is 0 Å². The van der Waals surface area contributed by atoms with Crippen LogP contribution < -0.4 is 5.32 Å². The first kappa shape index (κ1) is 15.2. The zero-order valence-electron chi connectivity index (χ0n) is 13.4. The van der Waals surface area contributed by atoms with Crippen molar-refractivity contribution in [3.8, 4) is 0 Å². The van der Waals surface area contributed by atoms with Crippen molar-refractivity contribution in [1.82, 2.24) is 15.5 Å². The van der Waals surface area contributed by atoms with E-state index in [4.69, 9.17) is 4.52 Å². The van der Waals surface area contributed by atoms with E-state index in [9.17, 15) is 4.79 Å². The van der Waals surface area contributed by atoms with Crippen molar-refractivity contribution in [2.45, 2.75) is 32.7 Å². The van der Waals surface area contributed by atoms with E-state index in [1.807, 2.05) is 51.1 Å². The molecule has 118 valence electrons. The average molecular weight is 309 g/mol. The topological polar surface area (TPSA) is 68.0 Å². The van der Waals surface area contributed by atoms with Gasteiger partial charge in [0.2, 0.25) is 0 Å². The first-order chi connectivity index (χ1) is 11.1. The molecule has 3 aromatic rings. The summed E-state index contributed by atoms with van der Waals surface area (Å²) >= 11 is 0. The minimum atomic E-state index is -0.161. The quantitative estimate of drug-likeness (QED) is 0.795. The molecule has 0 aliphatic carbocycles. The maximum Gasteiger partial charge on any atom is 0.257 e. The molecule has 0 spiro atoms. The largest absolute Gasteiger partial charge is 0.345 e. The van der Waals surface area contributed by atoms with Crippen molar-refractivity contribution >= 4 is 17.0 Å². The van der Waals surface area contributed by atoms with Gasteiger partial charge >= 0.3 is 0 Å². The molecule has 3 rings (SSSR count). The van der Waals surface area contributed by atoms with Crippen LogP contribution in [0.1, 0.15) is 54.3 Å². The van der Waals surface area contributed by atoms with Gasteiger partial charge < -0.3 is 9.84 Å². The van der Waals surface area contributed by atoms with Crippen LogP contribution >= 0.6 is 0 Å². The van der Waals surface area contributed by atoms with Gasteiger partial charge in [-0.1, -0.05) is 49.3 Å². The molecule has 0 bridgehead atoms. The number of benzene rings is 1. The molecule has 5 nitrogen and oxygen atoms in total. The third kappa shape index (κ3) is 3.08. The van der Waals surface area contributed by atoms with Crippen LogP contribution in [0.15, 0.2) is 47.1 Å². The van der Waals surface area contributed by atoms with Crippen LogP contribution in [0.3, 0.4) is 0 Å². The van der Waals surface area contributed by atoms with Crippen LogP contribution in [-0.4, -0.2) is 16.0 Å². The van der Waals surface area contributed by atoms with Gasteiger partial charge in [0.1, 0.15) is 0 Å². The molecule has 0 aliphatic rings. The molecule has 0 saturated heterocycles. The van der Waals surface area contributed by atoms with E-state index in [0.717, 1.165) is 16.6 Å². The van der Waals surface area contributed by atoms with E-state index in [1.54, 1.807) is 6.07 Å².